The molecule has 5 rings (SSSR count). The fourth-order valence-electron chi connectivity index (χ4n) is 4.95. The number of nitrogens with one attached hydrogen (secondary N) is 2. The van der Waals surface area contributed by atoms with Crippen LogP contribution >= 0.6 is 0 Å². The van der Waals surface area contributed by atoms with Gasteiger partial charge in [0.25, 0.3) is 5.91 Å². The molecule has 0 radical (unpaired) electrons. The van der Waals surface area contributed by atoms with E-state index in [1.165, 1.54) is 26.2 Å². The molecule has 3 aromatic rings. The predicted molar refractivity (Wildman–Crippen MR) is 136 cm³/mol. The SMILES string of the molecule is CC(C)(O)[C@H](F)CNC(=O)c1cnc(-c2ccc3cc(C#N)cnn23)cc1NC1CCC2(CC1)COC2. The number of anilines is 1. The second-order valence-corrected chi connectivity index (χ2v) is 10.8. The summed E-state index contributed by atoms with van der Waals surface area (Å²) in [4.78, 5) is 17.6. The smallest absolute Gasteiger partial charge is 0.255 e. The Morgan fingerprint density at radius 1 is 1.32 bits per heavy atom. The van der Waals surface area contributed by atoms with Crippen LogP contribution in [0, 0.1) is 16.7 Å². The molecule has 0 aromatic carbocycles. The van der Waals surface area contributed by atoms with Crippen molar-refractivity contribution in [3.63, 3.8) is 0 Å². The zero-order valence-corrected chi connectivity index (χ0v) is 21.0. The zero-order valence-electron chi connectivity index (χ0n) is 21.0. The number of amides is 1. The molecule has 1 spiro atoms. The fraction of sp³-hybridized carbons (Fsp3) is 0.481. The lowest BCUT2D eigenvalue weighted by atomic mass is 9.71. The van der Waals surface area contributed by atoms with E-state index in [-0.39, 0.29) is 12.6 Å². The van der Waals surface area contributed by atoms with Gasteiger partial charge in [-0.2, -0.15) is 10.4 Å². The topological polar surface area (TPSA) is 125 Å². The van der Waals surface area contributed by atoms with Crippen LogP contribution < -0.4 is 10.6 Å². The Hall–Kier alpha value is -3.55. The van der Waals surface area contributed by atoms with Crippen LogP contribution in [0.25, 0.3) is 16.9 Å². The van der Waals surface area contributed by atoms with E-state index in [1.54, 1.807) is 10.6 Å². The Kier molecular flexibility index (Phi) is 6.60. The highest BCUT2D eigenvalue weighted by molar-refractivity contribution is 6.00. The summed E-state index contributed by atoms with van der Waals surface area (Å²) in [6.07, 6.45) is 5.41. The summed E-state index contributed by atoms with van der Waals surface area (Å²) in [6, 6.07) is 9.56. The third-order valence-corrected chi connectivity index (χ3v) is 7.47. The monoisotopic (exact) mass is 506 g/mol. The minimum Gasteiger partial charge on any atom is -0.387 e. The van der Waals surface area contributed by atoms with Crippen LogP contribution in [0.4, 0.5) is 10.1 Å². The van der Waals surface area contributed by atoms with Gasteiger partial charge in [0, 0.05) is 17.7 Å². The van der Waals surface area contributed by atoms with E-state index in [2.05, 4.69) is 26.8 Å². The molecule has 2 fully saturated rings. The number of hydrogen-bond acceptors (Lipinski definition) is 7. The average Bonchev–Trinajstić information content (AvgIpc) is 3.29. The first kappa shape index (κ1) is 25.1. The van der Waals surface area contributed by atoms with Crippen LogP contribution in [0.3, 0.4) is 0 Å². The van der Waals surface area contributed by atoms with Crippen molar-refractivity contribution in [3.8, 4) is 17.5 Å². The van der Waals surface area contributed by atoms with Crippen molar-refractivity contribution in [2.45, 2.75) is 57.3 Å². The van der Waals surface area contributed by atoms with E-state index in [9.17, 15) is 14.3 Å². The maximum absolute atomic E-state index is 14.3. The van der Waals surface area contributed by atoms with Crippen LogP contribution in [0.2, 0.25) is 0 Å². The van der Waals surface area contributed by atoms with Crippen molar-refractivity contribution in [3.05, 3.63) is 47.8 Å². The molecular weight excluding hydrogens is 475 g/mol. The predicted octanol–water partition coefficient (Wildman–Crippen LogP) is 3.48. The van der Waals surface area contributed by atoms with Crippen LogP contribution in [0.15, 0.2) is 36.7 Å². The van der Waals surface area contributed by atoms with E-state index >= 15 is 0 Å². The summed E-state index contributed by atoms with van der Waals surface area (Å²) >= 11 is 0. The van der Waals surface area contributed by atoms with Crippen LogP contribution in [0.5, 0.6) is 0 Å². The number of rotatable bonds is 7. The van der Waals surface area contributed by atoms with Gasteiger partial charge < -0.3 is 20.5 Å². The first-order chi connectivity index (χ1) is 17.7. The number of aromatic nitrogens is 3. The number of pyridine rings is 1. The van der Waals surface area contributed by atoms with Gasteiger partial charge in [0.15, 0.2) is 0 Å². The van der Waals surface area contributed by atoms with Gasteiger partial charge in [0.2, 0.25) is 0 Å². The number of halogens is 1. The molecule has 0 unspecified atom stereocenters. The molecule has 1 aliphatic carbocycles. The number of nitrogens with zero attached hydrogens (tertiary/aromatic N) is 4. The molecule has 1 atom stereocenters. The summed E-state index contributed by atoms with van der Waals surface area (Å²) in [7, 11) is 0. The van der Waals surface area contributed by atoms with Gasteiger partial charge in [-0.25, -0.2) is 8.91 Å². The number of ether oxygens (including phenoxy) is 1. The van der Waals surface area contributed by atoms with Gasteiger partial charge in [-0.05, 0) is 63.8 Å². The summed E-state index contributed by atoms with van der Waals surface area (Å²) in [6.45, 7) is 4.06. The zero-order chi connectivity index (χ0) is 26.2. The molecule has 3 N–H and O–H groups in total. The largest absolute Gasteiger partial charge is 0.387 e. The molecule has 9 nitrogen and oxygen atoms in total. The van der Waals surface area contributed by atoms with Crippen molar-refractivity contribution >= 4 is 17.1 Å². The average molecular weight is 507 g/mol. The number of fused-ring (bicyclic) bond motifs is 1. The molecule has 194 valence electrons. The number of hydrogen-bond donors (Lipinski definition) is 3. The summed E-state index contributed by atoms with van der Waals surface area (Å²) < 4.78 is 21.4. The number of alkyl halides is 1. The van der Waals surface area contributed by atoms with Crippen molar-refractivity contribution in [1.82, 2.24) is 19.9 Å². The number of nitriles is 1. The van der Waals surface area contributed by atoms with Crippen molar-refractivity contribution in [2.75, 3.05) is 25.1 Å². The lowest BCUT2D eigenvalue weighted by Crippen LogP contribution is -2.47. The minimum atomic E-state index is -1.62. The maximum Gasteiger partial charge on any atom is 0.255 e. The summed E-state index contributed by atoms with van der Waals surface area (Å²) in [5.74, 6) is -0.468. The fourth-order valence-corrected chi connectivity index (χ4v) is 4.95. The molecule has 2 aliphatic rings. The number of carbonyl (C=O) groups excluding carboxylic acids is 1. The molecule has 1 saturated carbocycles. The van der Waals surface area contributed by atoms with Gasteiger partial charge in [-0.1, -0.05) is 0 Å². The summed E-state index contributed by atoms with van der Waals surface area (Å²) in [5.41, 5.74) is 2.19. The molecular formula is C27H31FN6O3. The second-order valence-electron chi connectivity index (χ2n) is 10.8. The molecule has 0 bridgehead atoms. The normalized spacial score (nSPS) is 18.2. The highest BCUT2D eigenvalue weighted by Gasteiger charge is 2.41. The standard InChI is InChI=1S/C27H31FN6O3/c1-26(2,36)24(28)14-31-25(35)20-13-30-22(23-4-3-19-9-17(11-29)12-32-34(19)23)10-21(20)33-18-5-7-27(8-6-18)15-37-16-27/h3-4,9-10,12-13,18,24,36H,5-8,14-16H2,1-2H3,(H,30,33)(H,31,35)/t24-/m1/s1. The third kappa shape index (κ3) is 5.15. The molecule has 4 heterocycles. The molecule has 1 saturated heterocycles. The Bertz CT molecular complexity index is 1340. The second kappa shape index (κ2) is 9.72. The van der Waals surface area contributed by atoms with Crippen molar-refractivity contribution in [2.24, 2.45) is 5.41 Å². The summed E-state index contributed by atoms with van der Waals surface area (Å²) in [5, 5.41) is 29.6. The van der Waals surface area contributed by atoms with Crippen molar-refractivity contribution < 1.29 is 19.0 Å². The van der Waals surface area contributed by atoms with Gasteiger partial charge in [0.05, 0.1) is 65.3 Å². The lowest BCUT2D eigenvalue weighted by molar-refractivity contribution is -0.131. The molecule has 3 aromatic heterocycles. The first-order valence-corrected chi connectivity index (χ1v) is 12.5. The lowest BCUT2D eigenvalue weighted by Gasteiger charge is -2.46. The van der Waals surface area contributed by atoms with Gasteiger partial charge in [-0.15, -0.1) is 0 Å². The van der Waals surface area contributed by atoms with E-state index in [0.29, 0.717) is 27.9 Å². The molecule has 37 heavy (non-hydrogen) atoms. The Labute approximate surface area is 214 Å². The van der Waals surface area contributed by atoms with Gasteiger partial charge in [-0.3, -0.25) is 9.78 Å². The highest BCUT2D eigenvalue weighted by Crippen LogP contribution is 2.43. The van der Waals surface area contributed by atoms with Crippen molar-refractivity contribution in [1.29, 1.82) is 5.26 Å². The Balaban J connectivity index is 1.42. The van der Waals surface area contributed by atoms with Gasteiger partial charge >= 0.3 is 0 Å². The van der Waals surface area contributed by atoms with Crippen LogP contribution in [0.1, 0.15) is 55.5 Å². The van der Waals surface area contributed by atoms with E-state index in [1.807, 2.05) is 18.2 Å². The highest BCUT2D eigenvalue weighted by atomic mass is 19.1. The van der Waals surface area contributed by atoms with E-state index in [0.717, 1.165) is 50.1 Å². The Morgan fingerprint density at radius 3 is 2.73 bits per heavy atom. The van der Waals surface area contributed by atoms with Crippen LogP contribution in [-0.2, 0) is 4.74 Å². The molecule has 1 aliphatic heterocycles. The maximum atomic E-state index is 14.3. The first-order valence-electron chi connectivity index (χ1n) is 12.5. The van der Waals surface area contributed by atoms with E-state index in [4.69, 9.17) is 10.00 Å². The molecule has 10 heteroatoms. The quantitative estimate of drug-likeness (QED) is 0.448. The Morgan fingerprint density at radius 2 is 2.08 bits per heavy atom. The van der Waals surface area contributed by atoms with E-state index < -0.39 is 17.7 Å². The van der Waals surface area contributed by atoms with Gasteiger partial charge in [0.1, 0.15) is 12.2 Å². The number of aliphatic hydroxyl groups is 1. The number of carbonyl (C=O) groups is 1. The van der Waals surface area contributed by atoms with Crippen LogP contribution in [-0.4, -0.2) is 63.2 Å². The molecule has 1 amide bonds. The third-order valence-electron chi connectivity index (χ3n) is 7.47. The minimum absolute atomic E-state index is 0.179.